The van der Waals surface area contributed by atoms with Gasteiger partial charge in [0.15, 0.2) is 5.78 Å². The van der Waals surface area contributed by atoms with Crippen molar-refractivity contribution in [2.75, 3.05) is 11.4 Å². The minimum absolute atomic E-state index is 0.155. The molecule has 0 spiro atoms. The predicted octanol–water partition coefficient (Wildman–Crippen LogP) is 3.97. The lowest BCUT2D eigenvalue weighted by Gasteiger charge is -2.29. The van der Waals surface area contributed by atoms with Crippen molar-refractivity contribution >= 4 is 17.4 Å². The van der Waals surface area contributed by atoms with Crippen LogP contribution < -0.4 is 4.90 Å². The van der Waals surface area contributed by atoms with Gasteiger partial charge in [0, 0.05) is 24.9 Å². The van der Waals surface area contributed by atoms with Crippen LogP contribution in [0.2, 0.25) is 0 Å². The zero-order valence-corrected chi connectivity index (χ0v) is 12.5. The fourth-order valence-corrected chi connectivity index (χ4v) is 3.61. The Hall–Kier alpha value is -1.64. The first kappa shape index (κ1) is 14.3. The van der Waals surface area contributed by atoms with Gasteiger partial charge in [-0.05, 0) is 24.5 Å². The Kier molecular flexibility index (Phi) is 4.37. The Morgan fingerprint density at radius 1 is 1.14 bits per heavy atom. The molecule has 0 bridgehead atoms. The van der Waals surface area contributed by atoms with E-state index in [4.69, 9.17) is 0 Å². The molecule has 0 unspecified atom stereocenters. The van der Waals surface area contributed by atoms with Gasteiger partial charge in [0.1, 0.15) is 0 Å². The average Bonchev–Trinajstić information content (AvgIpc) is 2.54. The number of nitrogens with zero attached hydrogens (tertiary/aromatic N) is 1. The SMILES string of the molecule is O=C1CCN(C(=O)CCC2CCCCC2)c2ccccc21. The average molecular weight is 285 g/mol. The Balaban J connectivity index is 1.65. The number of hydrogen-bond acceptors (Lipinski definition) is 2. The smallest absolute Gasteiger partial charge is 0.227 e. The van der Waals surface area contributed by atoms with Crippen LogP contribution in [-0.2, 0) is 4.79 Å². The molecule has 0 saturated heterocycles. The number of carbonyl (C=O) groups is 2. The maximum absolute atomic E-state index is 12.5. The Bertz CT molecular complexity index is 532. The Morgan fingerprint density at radius 2 is 1.90 bits per heavy atom. The van der Waals surface area contributed by atoms with Crippen molar-refractivity contribution in [3.63, 3.8) is 0 Å². The highest BCUT2D eigenvalue weighted by molar-refractivity contribution is 6.08. The number of para-hydroxylation sites is 1. The number of amides is 1. The van der Waals surface area contributed by atoms with Crippen molar-refractivity contribution in [2.24, 2.45) is 5.92 Å². The highest BCUT2D eigenvalue weighted by Crippen LogP contribution is 2.30. The van der Waals surface area contributed by atoms with Crippen LogP contribution in [0, 0.1) is 5.92 Å². The first-order valence-electron chi connectivity index (χ1n) is 8.18. The molecule has 21 heavy (non-hydrogen) atoms. The van der Waals surface area contributed by atoms with Crippen molar-refractivity contribution in [1.82, 2.24) is 0 Å². The van der Waals surface area contributed by atoms with Crippen LogP contribution in [0.4, 0.5) is 5.69 Å². The van der Waals surface area contributed by atoms with Crippen LogP contribution in [-0.4, -0.2) is 18.2 Å². The van der Waals surface area contributed by atoms with Gasteiger partial charge in [0.2, 0.25) is 5.91 Å². The van der Waals surface area contributed by atoms with E-state index in [9.17, 15) is 9.59 Å². The molecule has 1 amide bonds. The van der Waals surface area contributed by atoms with Gasteiger partial charge in [-0.15, -0.1) is 0 Å². The third-order valence-corrected chi connectivity index (χ3v) is 4.85. The maximum Gasteiger partial charge on any atom is 0.227 e. The molecule has 0 N–H and O–H groups in total. The van der Waals surface area contributed by atoms with E-state index in [-0.39, 0.29) is 11.7 Å². The van der Waals surface area contributed by atoms with E-state index in [0.29, 0.717) is 24.9 Å². The molecule has 0 atom stereocenters. The molecule has 1 aliphatic carbocycles. The van der Waals surface area contributed by atoms with Crippen LogP contribution in [0.15, 0.2) is 24.3 Å². The standard InChI is InChI=1S/C18H23NO2/c20-17-12-13-19(16-9-5-4-8-15(16)17)18(21)11-10-14-6-2-1-3-7-14/h4-5,8-9,14H,1-3,6-7,10-13H2. The van der Waals surface area contributed by atoms with Crippen molar-refractivity contribution in [3.05, 3.63) is 29.8 Å². The van der Waals surface area contributed by atoms with E-state index in [1.807, 2.05) is 29.2 Å². The molecule has 1 aliphatic heterocycles. The second kappa shape index (κ2) is 6.42. The maximum atomic E-state index is 12.5. The van der Waals surface area contributed by atoms with Gasteiger partial charge >= 0.3 is 0 Å². The Labute approximate surface area is 126 Å². The number of carbonyl (C=O) groups excluding carboxylic acids is 2. The summed E-state index contributed by atoms with van der Waals surface area (Å²) in [6.07, 6.45) is 8.63. The lowest BCUT2D eigenvalue weighted by Crippen LogP contribution is -2.37. The van der Waals surface area contributed by atoms with Gasteiger partial charge in [-0.25, -0.2) is 0 Å². The molecule has 1 saturated carbocycles. The minimum Gasteiger partial charge on any atom is -0.311 e. The summed E-state index contributed by atoms with van der Waals surface area (Å²) < 4.78 is 0. The van der Waals surface area contributed by atoms with Crippen LogP contribution in [0.25, 0.3) is 0 Å². The Morgan fingerprint density at radius 3 is 2.71 bits per heavy atom. The second-order valence-electron chi connectivity index (χ2n) is 6.28. The van der Waals surface area contributed by atoms with Gasteiger partial charge in [-0.1, -0.05) is 44.2 Å². The van der Waals surface area contributed by atoms with Gasteiger partial charge < -0.3 is 4.90 Å². The molecule has 1 heterocycles. The van der Waals surface area contributed by atoms with Gasteiger partial charge in [0.25, 0.3) is 0 Å². The summed E-state index contributed by atoms with van der Waals surface area (Å²) in [6.45, 7) is 0.541. The second-order valence-corrected chi connectivity index (χ2v) is 6.28. The first-order valence-corrected chi connectivity index (χ1v) is 8.18. The van der Waals surface area contributed by atoms with Gasteiger partial charge in [0.05, 0.1) is 5.69 Å². The van der Waals surface area contributed by atoms with Crippen molar-refractivity contribution < 1.29 is 9.59 Å². The first-order chi connectivity index (χ1) is 10.3. The number of anilines is 1. The number of hydrogen-bond donors (Lipinski definition) is 0. The number of rotatable bonds is 3. The van der Waals surface area contributed by atoms with Gasteiger partial charge in [-0.3, -0.25) is 9.59 Å². The molecule has 3 nitrogen and oxygen atoms in total. The third kappa shape index (κ3) is 3.17. The summed E-state index contributed by atoms with van der Waals surface area (Å²) in [6, 6.07) is 7.49. The number of benzene rings is 1. The van der Waals surface area contributed by atoms with Crippen molar-refractivity contribution in [2.45, 2.75) is 51.4 Å². The summed E-state index contributed by atoms with van der Waals surface area (Å²) in [5.41, 5.74) is 1.51. The monoisotopic (exact) mass is 285 g/mol. The van der Waals surface area contributed by atoms with E-state index < -0.39 is 0 Å². The molecule has 3 rings (SSSR count). The van der Waals surface area contributed by atoms with Crippen molar-refractivity contribution in [1.29, 1.82) is 0 Å². The summed E-state index contributed by atoms with van der Waals surface area (Å²) >= 11 is 0. The van der Waals surface area contributed by atoms with Crippen molar-refractivity contribution in [3.8, 4) is 0 Å². The van der Waals surface area contributed by atoms with E-state index in [1.54, 1.807) is 0 Å². The van der Waals surface area contributed by atoms with Crippen LogP contribution >= 0.6 is 0 Å². The molecule has 1 aromatic rings. The normalized spacial score (nSPS) is 19.4. The molecular weight excluding hydrogens is 262 g/mol. The summed E-state index contributed by atoms with van der Waals surface area (Å²) in [5, 5.41) is 0. The fraction of sp³-hybridized carbons (Fsp3) is 0.556. The zero-order valence-electron chi connectivity index (χ0n) is 12.5. The van der Waals surface area contributed by atoms with E-state index in [0.717, 1.165) is 18.0 Å². The minimum atomic E-state index is 0.155. The highest BCUT2D eigenvalue weighted by atomic mass is 16.2. The molecule has 112 valence electrons. The van der Waals surface area contributed by atoms with Crippen LogP contribution in [0.3, 0.4) is 0 Å². The van der Waals surface area contributed by atoms with E-state index in [2.05, 4.69) is 0 Å². The number of fused-ring (bicyclic) bond motifs is 1. The third-order valence-electron chi connectivity index (χ3n) is 4.85. The predicted molar refractivity (Wildman–Crippen MR) is 83.6 cm³/mol. The molecule has 2 aliphatic rings. The summed E-state index contributed by atoms with van der Waals surface area (Å²) in [4.78, 5) is 26.3. The topological polar surface area (TPSA) is 37.4 Å². The van der Waals surface area contributed by atoms with Gasteiger partial charge in [-0.2, -0.15) is 0 Å². The van der Waals surface area contributed by atoms with Crippen LogP contribution in [0.5, 0.6) is 0 Å². The largest absolute Gasteiger partial charge is 0.311 e. The zero-order chi connectivity index (χ0) is 14.7. The molecule has 1 fully saturated rings. The molecular formula is C18H23NO2. The molecule has 3 heteroatoms. The summed E-state index contributed by atoms with van der Waals surface area (Å²) in [5.74, 6) is 1.06. The lowest BCUT2D eigenvalue weighted by atomic mass is 9.86. The number of Topliss-reactive ketones (excluding diaryl/α,β-unsaturated/α-hetero) is 1. The number of ketones is 1. The van der Waals surface area contributed by atoms with E-state index in [1.165, 1.54) is 32.1 Å². The molecule has 0 aromatic heterocycles. The van der Waals surface area contributed by atoms with Crippen LogP contribution in [0.1, 0.15) is 61.7 Å². The quantitative estimate of drug-likeness (QED) is 0.842. The summed E-state index contributed by atoms with van der Waals surface area (Å²) in [7, 11) is 0. The fourth-order valence-electron chi connectivity index (χ4n) is 3.61. The lowest BCUT2D eigenvalue weighted by molar-refractivity contribution is -0.119. The van der Waals surface area contributed by atoms with E-state index >= 15 is 0 Å². The molecule has 1 aromatic carbocycles. The molecule has 0 radical (unpaired) electrons. The highest BCUT2D eigenvalue weighted by Gasteiger charge is 2.27.